The third kappa shape index (κ3) is 3.46. The fourth-order valence-corrected chi connectivity index (χ4v) is 2.82. The molecule has 1 aromatic carbocycles. The van der Waals surface area contributed by atoms with Crippen LogP contribution in [0.25, 0.3) is 0 Å². The van der Waals surface area contributed by atoms with Crippen LogP contribution in [0.4, 0.5) is 5.69 Å². The molecule has 112 valence electrons. The molecule has 0 aromatic heterocycles. The summed E-state index contributed by atoms with van der Waals surface area (Å²) in [5.41, 5.74) is 1.96. The third-order valence-corrected chi connectivity index (χ3v) is 4.39. The van der Waals surface area contributed by atoms with Crippen molar-refractivity contribution >= 4 is 21.4 Å². The molecule has 0 fully saturated rings. The van der Waals surface area contributed by atoms with E-state index in [4.69, 9.17) is 0 Å². The van der Waals surface area contributed by atoms with Crippen molar-refractivity contribution in [3.8, 4) is 0 Å². The quantitative estimate of drug-likeness (QED) is 0.680. The number of hydrogen-bond acceptors (Lipinski definition) is 5. The lowest BCUT2D eigenvalue weighted by Gasteiger charge is -2.05. The maximum absolute atomic E-state index is 12.1. The summed E-state index contributed by atoms with van der Waals surface area (Å²) >= 11 is 0. The average Bonchev–Trinajstić information content (AvgIpc) is 2.82. The number of hydrazone groups is 1. The number of aryl methyl sites for hydroxylation is 1. The second-order valence-electron chi connectivity index (χ2n) is 4.89. The molecule has 0 aliphatic heterocycles. The SMILES string of the molecule is CC1=C/C(=N\NS(=O)(=O)c2ccc(C)c([N+](=O)[O-])c2)CC1. The molecule has 0 saturated carbocycles. The van der Waals surface area contributed by atoms with Gasteiger partial charge < -0.3 is 0 Å². The van der Waals surface area contributed by atoms with Gasteiger partial charge in [-0.05, 0) is 38.8 Å². The van der Waals surface area contributed by atoms with E-state index in [1.165, 1.54) is 12.1 Å². The van der Waals surface area contributed by atoms with Crippen LogP contribution in [0.2, 0.25) is 0 Å². The Balaban J connectivity index is 2.28. The van der Waals surface area contributed by atoms with E-state index in [9.17, 15) is 18.5 Å². The van der Waals surface area contributed by atoms with Gasteiger partial charge in [-0.15, -0.1) is 0 Å². The lowest BCUT2D eigenvalue weighted by molar-refractivity contribution is -0.385. The van der Waals surface area contributed by atoms with Crippen molar-refractivity contribution in [3.63, 3.8) is 0 Å². The fourth-order valence-electron chi connectivity index (χ4n) is 1.97. The molecule has 1 N–H and O–H groups in total. The smallest absolute Gasteiger partial charge is 0.258 e. The molecule has 21 heavy (non-hydrogen) atoms. The Morgan fingerprint density at radius 3 is 2.57 bits per heavy atom. The number of nitro groups is 1. The van der Waals surface area contributed by atoms with Crippen molar-refractivity contribution in [2.75, 3.05) is 0 Å². The zero-order chi connectivity index (χ0) is 15.6. The Labute approximate surface area is 122 Å². The fraction of sp³-hybridized carbons (Fsp3) is 0.308. The summed E-state index contributed by atoms with van der Waals surface area (Å²) < 4.78 is 24.2. The van der Waals surface area contributed by atoms with Gasteiger partial charge in [0.25, 0.3) is 15.7 Å². The molecular weight excluding hydrogens is 294 g/mol. The Hall–Kier alpha value is -2.22. The van der Waals surface area contributed by atoms with Gasteiger partial charge in [-0.25, -0.2) is 0 Å². The van der Waals surface area contributed by atoms with Crippen LogP contribution in [-0.4, -0.2) is 19.1 Å². The number of benzene rings is 1. The Kier molecular flexibility index (Phi) is 4.08. The van der Waals surface area contributed by atoms with Crippen LogP contribution in [0.1, 0.15) is 25.3 Å². The van der Waals surface area contributed by atoms with Crippen LogP contribution in [-0.2, 0) is 10.0 Å². The van der Waals surface area contributed by atoms with E-state index in [1.807, 2.05) is 13.0 Å². The summed E-state index contributed by atoms with van der Waals surface area (Å²) in [6.07, 6.45) is 3.36. The molecule has 0 amide bonds. The van der Waals surface area contributed by atoms with E-state index in [0.29, 0.717) is 17.7 Å². The summed E-state index contributed by atoms with van der Waals surface area (Å²) in [7, 11) is -3.91. The van der Waals surface area contributed by atoms with Gasteiger partial charge in [-0.2, -0.15) is 18.4 Å². The predicted molar refractivity (Wildman–Crippen MR) is 78.6 cm³/mol. The van der Waals surface area contributed by atoms with Gasteiger partial charge in [0, 0.05) is 11.6 Å². The molecule has 1 aliphatic rings. The van der Waals surface area contributed by atoms with Gasteiger partial charge in [0.1, 0.15) is 0 Å². The number of sulfonamides is 1. The predicted octanol–water partition coefficient (Wildman–Crippen LogP) is 2.28. The summed E-state index contributed by atoms with van der Waals surface area (Å²) in [6, 6.07) is 3.76. The molecule has 8 heteroatoms. The molecule has 0 heterocycles. The molecule has 0 unspecified atom stereocenters. The average molecular weight is 309 g/mol. The Bertz CT molecular complexity index is 751. The number of hydrogen-bond donors (Lipinski definition) is 1. The van der Waals surface area contributed by atoms with Gasteiger partial charge >= 0.3 is 0 Å². The molecule has 0 radical (unpaired) electrons. The van der Waals surface area contributed by atoms with Crippen molar-refractivity contribution < 1.29 is 13.3 Å². The first kappa shape index (κ1) is 15.2. The largest absolute Gasteiger partial charge is 0.276 e. The number of nitrogens with one attached hydrogen (secondary N) is 1. The van der Waals surface area contributed by atoms with E-state index in [2.05, 4.69) is 9.93 Å². The first-order valence-electron chi connectivity index (χ1n) is 6.30. The highest BCUT2D eigenvalue weighted by Gasteiger charge is 2.19. The number of nitro benzene ring substituents is 1. The van der Waals surface area contributed by atoms with Crippen LogP contribution >= 0.6 is 0 Å². The first-order chi connectivity index (χ1) is 9.79. The van der Waals surface area contributed by atoms with Crippen molar-refractivity contribution in [2.24, 2.45) is 5.10 Å². The summed E-state index contributed by atoms with van der Waals surface area (Å²) in [5, 5.41) is 14.7. The standard InChI is InChI=1S/C13H15N3O4S/c1-9-3-5-11(7-9)14-15-21(19,20)12-6-4-10(2)13(8-12)16(17)18/h4,6-8,15H,3,5H2,1-2H3/b14-11-. The van der Waals surface area contributed by atoms with Crippen molar-refractivity contribution in [1.82, 2.24) is 4.83 Å². The monoisotopic (exact) mass is 309 g/mol. The molecule has 0 spiro atoms. The number of allylic oxidation sites excluding steroid dienone is 2. The van der Waals surface area contributed by atoms with E-state index in [1.54, 1.807) is 6.92 Å². The van der Waals surface area contributed by atoms with Crippen LogP contribution in [0.5, 0.6) is 0 Å². The van der Waals surface area contributed by atoms with E-state index < -0.39 is 14.9 Å². The second-order valence-corrected chi connectivity index (χ2v) is 6.55. The van der Waals surface area contributed by atoms with Gasteiger partial charge in [0.2, 0.25) is 0 Å². The molecule has 0 atom stereocenters. The van der Waals surface area contributed by atoms with Gasteiger partial charge in [0.15, 0.2) is 0 Å². The zero-order valence-corrected chi connectivity index (χ0v) is 12.5. The molecule has 0 bridgehead atoms. The molecule has 1 aromatic rings. The Morgan fingerprint density at radius 1 is 1.29 bits per heavy atom. The maximum Gasteiger partial charge on any atom is 0.276 e. The molecular formula is C13H15N3O4S. The highest BCUT2D eigenvalue weighted by atomic mass is 32.2. The van der Waals surface area contributed by atoms with E-state index in [-0.39, 0.29) is 10.6 Å². The Morgan fingerprint density at radius 2 is 2.00 bits per heavy atom. The minimum absolute atomic E-state index is 0.178. The summed E-state index contributed by atoms with van der Waals surface area (Å²) in [6.45, 7) is 3.49. The van der Waals surface area contributed by atoms with Crippen LogP contribution in [0.15, 0.2) is 39.8 Å². The molecule has 2 rings (SSSR count). The van der Waals surface area contributed by atoms with E-state index >= 15 is 0 Å². The van der Waals surface area contributed by atoms with Crippen molar-refractivity contribution in [3.05, 3.63) is 45.5 Å². The second kappa shape index (κ2) is 5.65. The number of nitrogens with zero attached hydrogens (tertiary/aromatic N) is 2. The number of rotatable bonds is 4. The van der Waals surface area contributed by atoms with E-state index in [0.717, 1.165) is 18.1 Å². The summed E-state index contributed by atoms with van der Waals surface area (Å²) in [4.78, 5) is 12.2. The molecule has 1 aliphatic carbocycles. The minimum Gasteiger partial charge on any atom is -0.258 e. The van der Waals surface area contributed by atoms with Gasteiger partial charge in [-0.3, -0.25) is 10.1 Å². The minimum atomic E-state index is -3.91. The third-order valence-electron chi connectivity index (χ3n) is 3.19. The van der Waals surface area contributed by atoms with Crippen LogP contribution < -0.4 is 4.83 Å². The lowest BCUT2D eigenvalue weighted by Crippen LogP contribution is -2.19. The van der Waals surface area contributed by atoms with Crippen LogP contribution in [0, 0.1) is 17.0 Å². The molecule has 0 saturated heterocycles. The van der Waals surface area contributed by atoms with Gasteiger partial charge in [0.05, 0.1) is 15.5 Å². The highest BCUT2D eigenvalue weighted by molar-refractivity contribution is 7.89. The van der Waals surface area contributed by atoms with Crippen LogP contribution in [0.3, 0.4) is 0 Å². The van der Waals surface area contributed by atoms with Crippen molar-refractivity contribution in [2.45, 2.75) is 31.6 Å². The van der Waals surface area contributed by atoms with Gasteiger partial charge in [-0.1, -0.05) is 11.6 Å². The first-order valence-corrected chi connectivity index (χ1v) is 7.78. The maximum atomic E-state index is 12.1. The molecule has 7 nitrogen and oxygen atoms in total. The normalized spacial score (nSPS) is 16.9. The topological polar surface area (TPSA) is 102 Å². The lowest BCUT2D eigenvalue weighted by atomic mass is 10.2. The highest BCUT2D eigenvalue weighted by Crippen LogP contribution is 2.22. The zero-order valence-electron chi connectivity index (χ0n) is 11.7. The van der Waals surface area contributed by atoms with Crippen molar-refractivity contribution in [1.29, 1.82) is 0 Å². The summed E-state index contributed by atoms with van der Waals surface area (Å²) in [5.74, 6) is 0.